The number of guanidine groups is 1. The molecule has 1 aliphatic rings. The molecular formula is C21H36IN5O2. The van der Waals surface area contributed by atoms with E-state index in [2.05, 4.69) is 32.8 Å². The van der Waals surface area contributed by atoms with Crippen molar-refractivity contribution in [3.8, 4) is 0 Å². The number of ether oxygens (including phenoxy) is 1. The van der Waals surface area contributed by atoms with Crippen LogP contribution in [0.4, 0.5) is 0 Å². The molecule has 0 atom stereocenters. The fourth-order valence-electron chi connectivity index (χ4n) is 2.89. The smallest absolute Gasteiger partial charge is 0.251 e. The third-order valence-electron chi connectivity index (χ3n) is 4.27. The summed E-state index contributed by atoms with van der Waals surface area (Å²) >= 11 is 0. The summed E-state index contributed by atoms with van der Waals surface area (Å²) < 4.78 is 5.38. The van der Waals surface area contributed by atoms with E-state index in [4.69, 9.17) is 4.74 Å². The molecule has 0 radical (unpaired) electrons. The highest BCUT2D eigenvalue weighted by atomic mass is 127. The number of hydrogen-bond acceptors (Lipinski definition) is 4. The number of hydrogen-bond donors (Lipinski definition) is 3. The third kappa shape index (κ3) is 10.3. The molecule has 1 aromatic rings. The largest absolute Gasteiger partial charge is 0.379 e. The lowest BCUT2D eigenvalue weighted by Gasteiger charge is -2.26. The average Bonchev–Trinajstić information content (AvgIpc) is 2.66. The molecule has 0 aromatic heterocycles. The molecule has 1 fully saturated rings. The Balaban J connectivity index is 0.00000420. The first kappa shape index (κ1) is 25.6. The Hall–Kier alpha value is -1.39. The zero-order chi connectivity index (χ0) is 20.4. The highest BCUT2D eigenvalue weighted by molar-refractivity contribution is 14.0. The number of amides is 1. The van der Waals surface area contributed by atoms with Crippen LogP contribution in [0.5, 0.6) is 0 Å². The normalized spacial score (nSPS) is 15.4. The van der Waals surface area contributed by atoms with E-state index in [1.807, 2.05) is 45.0 Å². The van der Waals surface area contributed by atoms with Crippen molar-refractivity contribution in [1.29, 1.82) is 0 Å². The van der Waals surface area contributed by atoms with E-state index in [0.29, 0.717) is 12.1 Å². The molecule has 0 unspecified atom stereocenters. The molecule has 0 bridgehead atoms. The van der Waals surface area contributed by atoms with Gasteiger partial charge in [0.1, 0.15) is 0 Å². The van der Waals surface area contributed by atoms with Crippen molar-refractivity contribution in [2.75, 3.05) is 45.9 Å². The molecule has 2 rings (SSSR count). The highest BCUT2D eigenvalue weighted by Crippen LogP contribution is 2.09. The maximum atomic E-state index is 12.4. The minimum Gasteiger partial charge on any atom is -0.379 e. The molecule has 1 amide bonds. The van der Waals surface area contributed by atoms with Gasteiger partial charge in [0.2, 0.25) is 0 Å². The van der Waals surface area contributed by atoms with E-state index < -0.39 is 0 Å². The number of morpholine rings is 1. The van der Waals surface area contributed by atoms with Gasteiger partial charge in [-0.25, -0.2) is 4.99 Å². The van der Waals surface area contributed by atoms with Crippen molar-refractivity contribution in [2.45, 2.75) is 39.8 Å². The van der Waals surface area contributed by atoms with Crippen LogP contribution in [0, 0.1) is 0 Å². The van der Waals surface area contributed by atoms with E-state index in [9.17, 15) is 4.79 Å². The standard InChI is InChI=1S/C21H35N5O2.HI/c1-5-22-20(23-9-10-26-11-13-28-14-12-26)24-16-17-7-6-8-18(15-17)19(27)25-21(2,3)4;/h6-8,15H,5,9-14,16H2,1-4H3,(H,25,27)(H2,22,23,24);1H. The van der Waals surface area contributed by atoms with Gasteiger partial charge >= 0.3 is 0 Å². The molecule has 1 saturated heterocycles. The fraction of sp³-hybridized carbons (Fsp3) is 0.619. The van der Waals surface area contributed by atoms with Gasteiger partial charge in [0.25, 0.3) is 5.91 Å². The fourth-order valence-corrected chi connectivity index (χ4v) is 2.89. The molecule has 29 heavy (non-hydrogen) atoms. The molecule has 0 aliphatic carbocycles. The number of rotatable bonds is 7. The zero-order valence-corrected chi connectivity index (χ0v) is 20.4. The van der Waals surface area contributed by atoms with Crippen LogP contribution in [0.15, 0.2) is 29.3 Å². The van der Waals surface area contributed by atoms with E-state index >= 15 is 0 Å². The predicted octanol–water partition coefficient (Wildman–Crippen LogP) is 2.22. The van der Waals surface area contributed by atoms with Crippen LogP contribution in [-0.2, 0) is 11.3 Å². The second-order valence-electron chi connectivity index (χ2n) is 7.98. The Morgan fingerprint density at radius 2 is 1.93 bits per heavy atom. The van der Waals surface area contributed by atoms with Crippen molar-refractivity contribution in [3.63, 3.8) is 0 Å². The predicted molar refractivity (Wildman–Crippen MR) is 129 cm³/mol. The molecule has 1 aliphatic heterocycles. The summed E-state index contributed by atoms with van der Waals surface area (Å²) in [6.07, 6.45) is 0. The number of aliphatic imine (C=N–C) groups is 1. The summed E-state index contributed by atoms with van der Waals surface area (Å²) in [7, 11) is 0. The lowest BCUT2D eigenvalue weighted by Crippen LogP contribution is -2.44. The van der Waals surface area contributed by atoms with Gasteiger partial charge in [0.15, 0.2) is 5.96 Å². The van der Waals surface area contributed by atoms with Crippen LogP contribution in [0.2, 0.25) is 0 Å². The first-order chi connectivity index (χ1) is 13.4. The van der Waals surface area contributed by atoms with Gasteiger partial charge in [0, 0.05) is 43.8 Å². The maximum absolute atomic E-state index is 12.4. The highest BCUT2D eigenvalue weighted by Gasteiger charge is 2.15. The average molecular weight is 517 g/mol. The number of nitrogens with one attached hydrogen (secondary N) is 3. The van der Waals surface area contributed by atoms with E-state index in [1.54, 1.807) is 0 Å². The van der Waals surface area contributed by atoms with Gasteiger partial charge in [-0.15, -0.1) is 24.0 Å². The summed E-state index contributed by atoms with van der Waals surface area (Å²) in [4.78, 5) is 19.4. The van der Waals surface area contributed by atoms with Gasteiger partial charge in [-0.1, -0.05) is 12.1 Å². The Labute approximate surface area is 192 Å². The number of halogens is 1. The van der Waals surface area contributed by atoms with E-state index in [-0.39, 0.29) is 35.4 Å². The quantitative estimate of drug-likeness (QED) is 0.294. The van der Waals surface area contributed by atoms with Gasteiger partial charge < -0.3 is 20.7 Å². The number of carbonyl (C=O) groups excluding carboxylic acids is 1. The summed E-state index contributed by atoms with van der Waals surface area (Å²) in [6.45, 7) is 14.7. The monoisotopic (exact) mass is 517 g/mol. The number of benzene rings is 1. The molecule has 1 heterocycles. The van der Waals surface area contributed by atoms with E-state index in [1.165, 1.54) is 0 Å². The van der Waals surface area contributed by atoms with Crippen LogP contribution >= 0.6 is 24.0 Å². The molecule has 8 heteroatoms. The summed E-state index contributed by atoms with van der Waals surface area (Å²) in [5.74, 6) is 0.731. The van der Waals surface area contributed by atoms with Crippen molar-refractivity contribution in [3.05, 3.63) is 35.4 Å². The van der Waals surface area contributed by atoms with Crippen LogP contribution in [0.25, 0.3) is 0 Å². The first-order valence-corrected chi connectivity index (χ1v) is 10.1. The number of nitrogens with zero attached hydrogens (tertiary/aromatic N) is 2. The SMILES string of the molecule is CCNC(=NCc1cccc(C(=O)NC(C)(C)C)c1)NCCN1CCOCC1.I. The lowest BCUT2D eigenvalue weighted by atomic mass is 10.1. The second-order valence-corrected chi connectivity index (χ2v) is 7.98. The molecule has 1 aromatic carbocycles. The molecule has 164 valence electrons. The lowest BCUT2D eigenvalue weighted by molar-refractivity contribution is 0.0389. The van der Waals surface area contributed by atoms with Gasteiger partial charge in [0.05, 0.1) is 19.8 Å². The van der Waals surface area contributed by atoms with Crippen LogP contribution < -0.4 is 16.0 Å². The van der Waals surface area contributed by atoms with Crippen molar-refractivity contribution < 1.29 is 9.53 Å². The summed E-state index contributed by atoms with van der Waals surface area (Å²) in [5.41, 5.74) is 1.41. The molecule has 0 spiro atoms. The van der Waals surface area contributed by atoms with Crippen molar-refractivity contribution >= 4 is 35.8 Å². The Morgan fingerprint density at radius 3 is 2.59 bits per heavy atom. The first-order valence-electron chi connectivity index (χ1n) is 10.1. The van der Waals surface area contributed by atoms with Crippen molar-refractivity contribution in [2.24, 2.45) is 4.99 Å². The summed E-state index contributed by atoms with van der Waals surface area (Å²) in [6, 6.07) is 7.64. The van der Waals surface area contributed by atoms with Crippen LogP contribution in [0.3, 0.4) is 0 Å². The molecule has 0 saturated carbocycles. The maximum Gasteiger partial charge on any atom is 0.251 e. The summed E-state index contributed by atoms with van der Waals surface area (Å²) in [5, 5.41) is 9.65. The Kier molecular flexibility index (Phi) is 11.5. The van der Waals surface area contributed by atoms with Crippen molar-refractivity contribution in [1.82, 2.24) is 20.9 Å². The molecular weight excluding hydrogens is 481 g/mol. The second kappa shape index (κ2) is 13.0. The van der Waals surface area contributed by atoms with Gasteiger partial charge in [-0.3, -0.25) is 9.69 Å². The van der Waals surface area contributed by atoms with Crippen LogP contribution in [0.1, 0.15) is 43.6 Å². The number of carbonyl (C=O) groups is 1. The topological polar surface area (TPSA) is 78.0 Å². The molecule has 3 N–H and O–H groups in total. The Bertz CT molecular complexity index is 655. The van der Waals surface area contributed by atoms with Gasteiger partial charge in [-0.2, -0.15) is 0 Å². The minimum atomic E-state index is -0.256. The van der Waals surface area contributed by atoms with E-state index in [0.717, 1.165) is 57.5 Å². The van der Waals surface area contributed by atoms with Crippen LogP contribution in [-0.4, -0.2) is 68.2 Å². The zero-order valence-electron chi connectivity index (χ0n) is 18.1. The van der Waals surface area contributed by atoms with Gasteiger partial charge in [-0.05, 0) is 45.4 Å². The Morgan fingerprint density at radius 1 is 1.21 bits per heavy atom. The minimum absolute atomic E-state index is 0. The third-order valence-corrected chi connectivity index (χ3v) is 4.27. The molecule has 7 nitrogen and oxygen atoms in total.